The van der Waals surface area contributed by atoms with Gasteiger partial charge in [-0.2, -0.15) is 0 Å². The number of nitrogens with one attached hydrogen (secondary N) is 3. The minimum Gasteiger partial charge on any atom is -0.510 e. The summed E-state index contributed by atoms with van der Waals surface area (Å²) in [5.41, 5.74) is 2.16. The Labute approximate surface area is 157 Å². The lowest BCUT2D eigenvalue weighted by atomic mass is 9.82. The highest BCUT2D eigenvalue weighted by atomic mass is 35.5. The summed E-state index contributed by atoms with van der Waals surface area (Å²) >= 11 is 6.21. The van der Waals surface area contributed by atoms with Crippen molar-refractivity contribution in [2.75, 3.05) is 11.4 Å². The van der Waals surface area contributed by atoms with Gasteiger partial charge in [0.05, 0.1) is 18.0 Å². The van der Waals surface area contributed by atoms with Crippen molar-refractivity contribution in [1.82, 2.24) is 10.6 Å². The zero-order chi connectivity index (χ0) is 18.4. The maximum absolute atomic E-state index is 12.5. The van der Waals surface area contributed by atoms with Gasteiger partial charge in [-0.05, 0) is 37.5 Å². The van der Waals surface area contributed by atoms with Gasteiger partial charge in [0.1, 0.15) is 17.8 Å². The molecule has 0 spiro atoms. The number of hydrogen-bond acceptors (Lipinski definition) is 4. The van der Waals surface area contributed by atoms with Crippen LogP contribution >= 0.6 is 11.6 Å². The number of aryl methyl sites for hydroxylation is 1. The topological polar surface area (TPSA) is 88.4 Å². The molecule has 0 aromatic heterocycles. The molecule has 3 unspecified atom stereocenters. The molecule has 2 aliphatic heterocycles. The Morgan fingerprint density at radius 1 is 1.31 bits per heavy atom. The third-order valence-corrected chi connectivity index (χ3v) is 6.08. The van der Waals surface area contributed by atoms with E-state index >= 15 is 0 Å². The Morgan fingerprint density at radius 3 is 2.85 bits per heavy atom. The molecule has 1 aromatic carbocycles. The van der Waals surface area contributed by atoms with E-state index in [0.717, 1.165) is 36.9 Å². The number of amides is 1. The van der Waals surface area contributed by atoms with Crippen molar-refractivity contribution in [3.05, 3.63) is 40.1 Å². The maximum atomic E-state index is 12.5. The van der Waals surface area contributed by atoms with Gasteiger partial charge in [-0.15, -0.1) is 0 Å². The van der Waals surface area contributed by atoms with Gasteiger partial charge >= 0.3 is 0 Å². The van der Waals surface area contributed by atoms with Gasteiger partial charge in [0.25, 0.3) is 0 Å². The van der Waals surface area contributed by atoms with E-state index in [0.29, 0.717) is 10.6 Å². The summed E-state index contributed by atoms with van der Waals surface area (Å²) in [4.78, 5) is 14.2. The van der Waals surface area contributed by atoms with Gasteiger partial charge < -0.3 is 15.3 Å². The number of nitrogens with zero attached hydrogens (tertiary/aromatic N) is 1. The number of halogens is 1. The average molecular weight is 375 g/mol. The molecule has 0 bridgehead atoms. The van der Waals surface area contributed by atoms with E-state index in [-0.39, 0.29) is 36.0 Å². The van der Waals surface area contributed by atoms with E-state index < -0.39 is 6.17 Å². The Balaban J connectivity index is 1.57. The summed E-state index contributed by atoms with van der Waals surface area (Å²) in [6.07, 6.45) is 3.50. The zero-order valence-corrected chi connectivity index (χ0v) is 15.4. The molecule has 2 fully saturated rings. The molecule has 1 aliphatic carbocycles. The first-order valence-electron chi connectivity index (χ1n) is 9.06. The molecular weight excluding hydrogens is 352 g/mol. The van der Waals surface area contributed by atoms with E-state index in [4.69, 9.17) is 17.0 Å². The minimum atomic E-state index is -0.528. The van der Waals surface area contributed by atoms with Crippen molar-refractivity contribution in [3.8, 4) is 0 Å². The van der Waals surface area contributed by atoms with Gasteiger partial charge in [-0.1, -0.05) is 30.5 Å². The molecule has 3 aliphatic rings. The maximum Gasteiger partial charge on any atom is 0.226 e. The molecule has 2 heterocycles. The number of aliphatic hydroxyl groups is 1. The lowest BCUT2D eigenvalue weighted by molar-refractivity contribution is -0.130. The molecule has 138 valence electrons. The quantitative estimate of drug-likeness (QED) is 0.641. The predicted octanol–water partition coefficient (Wildman–Crippen LogP) is 2.86. The lowest BCUT2D eigenvalue weighted by Gasteiger charge is -2.40. The van der Waals surface area contributed by atoms with Crippen molar-refractivity contribution >= 4 is 29.0 Å². The van der Waals surface area contributed by atoms with Crippen LogP contribution in [0.1, 0.15) is 31.2 Å². The first-order valence-corrected chi connectivity index (χ1v) is 9.44. The van der Waals surface area contributed by atoms with Gasteiger partial charge in [-0.25, -0.2) is 0 Å². The van der Waals surface area contributed by atoms with Crippen LogP contribution in [0, 0.1) is 18.3 Å². The highest BCUT2D eigenvalue weighted by Gasteiger charge is 2.42. The number of carbonyl (C=O) groups is 1. The van der Waals surface area contributed by atoms with E-state index in [1.807, 2.05) is 19.1 Å². The van der Waals surface area contributed by atoms with Crippen molar-refractivity contribution in [1.29, 1.82) is 5.41 Å². The molecule has 3 atom stereocenters. The number of amidine groups is 1. The molecule has 4 N–H and O–H groups in total. The summed E-state index contributed by atoms with van der Waals surface area (Å²) < 4.78 is 0. The smallest absolute Gasteiger partial charge is 0.226 e. The molecule has 0 radical (unpaired) electrons. The number of benzene rings is 1. The fourth-order valence-corrected chi connectivity index (χ4v) is 4.35. The monoisotopic (exact) mass is 374 g/mol. The van der Waals surface area contributed by atoms with E-state index in [1.165, 1.54) is 0 Å². The zero-order valence-electron chi connectivity index (χ0n) is 14.7. The van der Waals surface area contributed by atoms with Crippen LogP contribution in [0.15, 0.2) is 29.5 Å². The molecule has 4 rings (SSSR count). The molecule has 26 heavy (non-hydrogen) atoms. The fourth-order valence-electron chi connectivity index (χ4n) is 4.17. The van der Waals surface area contributed by atoms with Crippen molar-refractivity contribution in [3.63, 3.8) is 0 Å². The Hall–Kier alpha value is -2.05. The second-order valence-electron chi connectivity index (χ2n) is 7.33. The van der Waals surface area contributed by atoms with Crippen molar-refractivity contribution in [2.45, 2.75) is 44.8 Å². The van der Waals surface area contributed by atoms with Crippen LogP contribution in [0.5, 0.6) is 0 Å². The predicted molar refractivity (Wildman–Crippen MR) is 102 cm³/mol. The Kier molecular flexibility index (Phi) is 4.40. The first kappa shape index (κ1) is 17.4. The molecule has 6 nitrogen and oxygen atoms in total. The third-order valence-electron chi connectivity index (χ3n) is 5.67. The second-order valence-corrected chi connectivity index (χ2v) is 7.74. The van der Waals surface area contributed by atoms with Crippen LogP contribution in [0.25, 0.3) is 0 Å². The van der Waals surface area contributed by atoms with Crippen LogP contribution in [-0.4, -0.2) is 35.6 Å². The van der Waals surface area contributed by atoms with Gasteiger partial charge in [0.2, 0.25) is 5.91 Å². The Bertz CT molecular complexity index is 807. The van der Waals surface area contributed by atoms with E-state index in [2.05, 4.69) is 10.6 Å². The van der Waals surface area contributed by atoms with Crippen LogP contribution < -0.4 is 15.5 Å². The van der Waals surface area contributed by atoms with Gasteiger partial charge in [-0.3, -0.25) is 15.5 Å². The molecule has 1 amide bonds. The number of anilines is 1. The fraction of sp³-hybridized carbons (Fsp3) is 0.474. The van der Waals surface area contributed by atoms with Crippen LogP contribution in [0.3, 0.4) is 0 Å². The molecule has 1 saturated heterocycles. The van der Waals surface area contributed by atoms with Crippen molar-refractivity contribution in [2.24, 2.45) is 5.92 Å². The standard InChI is InChI=1S/C19H23ClN4O2/c1-10-6-7-11(8-13(10)20)24-9-15(25)16(17(24)21)18-22-14-5-3-2-4-12(14)19(26)23-18/h6-8,12,14,18,21-22,25H,2-5,9H2,1H3,(H,23,26). The summed E-state index contributed by atoms with van der Waals surface area (Å²) in [5.74, 6) is 0.307. The highest BCUT2D eigenvalue weighted by Crippen LogP contribution is 2.32. The van der Waals surface area contributed by atoms with Crippen LogP contribution in [0.4, 0.5) is 5.69 Å². The first-order chi connectivity index (χ1) is 12.5. The SMILES string of the molecule is Cc1ccc(N2CC(O)=C(C3NC(=O)C4CCCCC4N3)C2=N)cc1Cl. The summed E-state index contributed by atoms with van der Waals surface area (Å²) in [5, 5.41) is 26.1. The van der Waals surface area contributed by atoms with Crippen LogP contribution in [0.2, 0.25) is 5.02 Å². The Morgan fingerprint density at radius 2 is 2.08 bits per heavy atom. The normalized spacial score (nSPS) is 29.0. The third kappa shape index (κ3) is 2.87. The second kappa shape index (κ2) is 6.59. The minimum absolute atomic E-state index is 0.00895. The number of rotatable bonds is 2. The average Bonchev–Trinajstić information content (AvgIpc) is 2.92. The van der Waals surface area contributed by atoms with Gasteiger partial charge in [0, 0.05) is 16.8 Å². The number of carbonyl (C=O) groups excluding carboxylic acids is 1. The summed E-state index contributed by atoms with van der Waals surface area (Å²) in [7, 11) is 0. The summed E-state index contributed by atoms with van der Waals surface area (Å²) in [6, 6.07) is 5.69. The van der Waals surface area contributed by atoms with E-state index in [9.17, 15) is 9.90 Å². The van der Waals surface area contributed by atoms with E-state index in [1.54, 1.807) is 11.0 Å². The number of hydrogen-bond donors (Lipinski definition) is 4. The number of fused-ring (bicyclic) bond motifs is 1. The van der Waals surface area contributed by atoms with Crippen LogP contribution in [-0.2, 0) is 4.79 Å². The van der Waals surface area contributed by atoms with Gasteiger partial charge in [0.15, 0.2) is 0 Å². The highest BCUT2D eigenvalue weighted by molar-refractivity contribution is 6.31. The molecule has 7 heteroatoms. The molecular formula is C19H23ClN4O2. The largest absolute Gasteiger partial charge is 0.510 e. The lowest BCUT2D eigenvalue weighted by Crippen LogP contribution is -2.63. The molecule has 1 saturated carbocycles. The number of aliphatic hydroxyl groups excluding tert-OH is 1. The summed E-state index contributed by atoms with van der Waals surface area (Å²) in [6.45, 7) is 2.13. The van der Waals surface area contributed by atoms with Crippen molar-refractivity contribution < 1.29 is 9.90 Å². The molecule has 1 aromatic rings.